The fourth-order valence-corrected chi connectivity index (χ4v) is 5.15. The van der Waals surface area contributed by atoms with Gasteiger partial charge >= 0.3 is 12.3 Å². The first kappa shape index (κ1) is 30.7. The molecule has 3 aromatic rings. The van der Waals surface area contributed by atoms with Crippen molar-refractivity contribution in [2.45, 2.75) is 19.4 Å². The number of hydrogen-bond acceptors (Lipinski definition) is 8. The van der Waals surface area contributed by atoms with Crippen molar-refractivity contribution in [3.63, 3.8) is 0 Å². The summed E-state index contributed by atoms with van der Waals surface area (Å²) in [5.74, 6) is -0.595. The Labute approximate surface area is 248 Å². The number of carboxylic acid groups (broad SMARTS) is 1. The lowest BCUT2D eigenvalue weighted by Gasteiger charge is -2.15. The zero-order valence-electron chi connectivity index (χ0n) is 22.1. The molecular formula is C29H24F3NO7S2. The predicted molar refractivity (Wildman–Crippen MR) is 154 cm³/mol. The molecule has 0 saturated carbocycles. The van der Waals surface area contributed by atoms with E-state index in [2.05, 4.69) is 4.74 Å². The number of carboxylic acids is 1. The number of carbonyl (C=O) groups excluding carboxylic acids is 1. The maximum absolute atomic E-state index is 12.7. The van der Waals surface area contributed by atoms with E-state index in [9.17, 15) is 22.8 Å². The maximum atomic E-state index is 12.7. The Balaban J connectivity index is 1.53. The Morgan fingerprint density at radius 3 is 2.45 bits per heavy atom. The molecule has 0 radical (unpaired) electrons. The van der Waals surface area contributed by atoms with E-state index in [1.165, 1.54) is 24.3 Å². The molecule has 0 aliphatic carbocycles. The van der Waals surface area contributed by atoms with Gasteiger partial charge in [0.15, 0.2) is 11.5 Å². The number of aliphatic carboxylic acids is 1. The predicted octanol–water partition coefficient (Wildman–Crippen LogP) is 6.08. The van der Waals surface area contributed by atoms with E-state index in [4.69, 9.17) is 31.5 Å². The highest BCUT2D eigenvalue weighted by Crippen LogP contribution is 2.35. The van der Waals surface area contributed by atoms with Crippen LogP contribution in [0.2, 0.25) is 0 Å². The van der Waals surface area contributed by atoms with Crippen molar-refractivity contribution >= 4 is 46.3 Å². The summed E-state index contributed by atoms with van der Waals surface area (Å²) in [4.78, 5) is 25.1. The van der Waals surface area contributed by atoms with Crippen LogP contribution in [-0.2, 0) is 22.6 Å². The molecule has 4 rings (SSSR count). The molecule has 220 valence electrons. The molecule has 8 nitrogen and oxygen atoms in total. The van der Waals surface area contributed by atoms with Crippen LogP contribution < -0.4 is 18.9 Å². The summed E-state index contributed by atoms with van der Waals surface area (Å²) in [6.45, 7) is -0.248. The van der Waals surface area contributed by atoms with Gasteiger partial charge in [-0.15, -0.1) is 13.2 Å². The van der Waals surface area contributed by atoms with Crippen molar-refractivity contribution in [3.05, 3.63) is 88.3 Å². The SMILES string of the molecule is COc1ccccc1CCOc1cc(C=C2SC(=S)N(CC(=O)O)C2=O)ccc1OCc1ccc(OC(F)(F)F)cc1. The van der Waals surface area contributed by atoms with Crippen molar-refractivity contribution in [3.8, 4) is 23.0 Å². The van der Waals surface area contributed by atoms with Gasteiger partial charge in [0.05, 0.1) is 18.6 Å². The minimum absolute atomic E-state index is 0.0301. The van der Waals surface area contributed by atoms with Gasteiger partial charge in [0.25, 0.3) is 5.91 Å². The summed E-state index contributed by atoms with van der Waals surface area (Å²) in [7, 11) is 1.58. The number of thiocarbonyl (C=S) groups is 1. The summed E-state index contributed by atoms with van der Waals surface area (Å²) < 4.78 is 58.8. The molecule has 1 fully saturated rings. The van der Waals surface area contributed by atoms with Crippen LogP contribution in [0.15, 0.2) is 71.6 Å². The topological polar surface area (TPSA) is 94.5 Å². The number of carbonyl (C=O) groups is 2. The molecular weight excluding hydrogens is 595 g/mol. The van der Waals surface area contributed by atoms with Gasteiger partial charge in [-0.05, 0) is 53.1 Å². The second kappa shape index (κ2) is 13.6. The third kappa shape index (κ3) is 8.40. The zero-order chi connectivity index (χ0) is 30.3. The first-order valence-corrected chi connectivity index (χ1v) is 13.6. The number of halogens is 3. The van der Waals surface area contributed by atoms with Crippen LogP contribution >= 0.6 is 24.0 Å². The lowest BCUT2D eigenvalue weighted by atomic mass is 10.1. The van der Waals surface area contributed by atoms with Crippen molar-refractivity contribution < 1.29 is 46.8 Å². The van der Waals surface area contributed by atoms with Gasteiger partial charge in [-0.3, -0.25) is 14.5 Å². The molecule has 1 aliphatic rings. The largest absolute Gasteiger partial charge is 0.573 e. The quantitative estimate of drug-likeness (QED) is 0.191. The second-order valence-electron chi connectivity index (χ2n) is 8.76. The molecule has 0 atom stereocenters. The van der Waals surface area contributed by atoms with Gasteiger partial charge in [0, 0.05) is 6.42 Å². The van der Waals surface area contributed by atoms with Crippen molar-refractivity contribution in [2.24, 2.45) is 0 Å². The van der Waals surface area contributed by atoms with Crippen LogP contribution in [0, 0.1) is 0 Å². The van der Waals surface area contributed by atoms with E-state index in [1.807, 2.05) is 24.3 Å². The molecule has 13 heteroatoms. The lowest BCUT2D eigenvalue weighted by Crippen LogP contribution is -2.33. The molecule has 0 aromatic heterocycles. The molecule has 1 N–H and O–H groups in total. The molecule has 42 heavy (non-hydrogen) atoms. The third-order valence-electron chi connectivity index (χ3n) is 5.81. The number of nitrogens with zero attached hydrogens (tertiary/aromatic N) is 1. The monoisotopic (exact) mass is 619 g/mol. The summed E-state index contributed by atoms with van der Waals surface area (Å²) in [6.07, 6.45) is -2.69. The zero-order valence-corrected chi connectivity index (χ0v) is 23.7. The average Bonchev–Trinajstić information content (AvgIpc) is 3.19. The van der Waals surface area contributed by atoms with Gasteiger partial charge in [-0.1, -0.05) is 60.4 Å². The Bertz CT molecular complexity index is 1490. The summed E-state index contributed by atoms with van der Waals surface area (Å²) in [5, 5.41) is 9.07. The second-order valence-corrected chi connectivity index (χ2v) is 10.4. The molecule has 0 spiro atoms. The number of benzene rings is 3. The van der Waals surface area contributed by atoms with Gasteiger partial charge in [0.2, 0.25) is 0 Å². The number of amides is 1. The van der Waals surface area contributed by atoms with E-state index in [1.54, 1.807) is 31.4 Å². The first-order valence-electron chi connectivity index (χ1n) is 12.4. The number of rotatable bonds is 12. The number of para-hydroxylation sites is 1. The maximum Gasteiger partial charge on any atom is 0.573 e. The van der Waals surface area contributed by atoms with Gasteiger partial charge in [-0.2, -0.15) is 0 Å². The number of alkyl halides is 3. The van der Waals surface area contributed by atoms with E-state index in [0.717, 1.165) is 22.2 Å². The molecule has 1 saturated heterocycles. The lowest BCUT2D eigenvalue weighted by molar-refractivity contribution is -0.274. The normalized spacial score (nSPS) is 14.3. The number of ether oxygens (including phenoxy) is 4. The molecule has 3 aromatic carbocycles. The Morgan fingerprint density at radius 1 is 1.02 bits per heavy atom. The highest BCUT2D eigenvalue weighted by atomic mass is 32.2. The van der Waals surface area contributed by atoms with E-state index in [0.29, 0.717) is 34.8 Å². The Morgan fingerprint density at radius 2 is 1.76 bits per heavy atom. The highest BCUT2D eigenvalue weighted by molar-refractivity contribution is 8.26. The van der Waals surface area contributed by atoms with E-state index < -0.39 is 24.8 Å². The van der Waals surface area contributed by atoms with Crippen LogP contribution in [0.25, 0.3) is 6.08 Å². The summed E-state index contributed by atoms with van der Waals surface area (Å²) in [5.41, 5.74) is 2.11. The third-order valence-corrected chi connectivity index (χ3v) is 7.18. The Hall–Kier alpha value is -4.23. The number of hydrogen-bond donors (Lipinski definition) is 1. The van der Waals surface area contributed by atoms with Crippen LogP contribution in [0.1, 0.15) is 16.7 Å². The smallest absolute Gasteiger partial charge is 0.496 e. The van der Waals surface area contributed by atoms with E-state index >= 15 is 0 Å². The molecule has 1 aliphatic heterocycles. The molecule has 1 heterocycles. The molecule has 1 amide bonds. The van der Waals surface area contributed by atoms with Crippen LogP contribution in [0.5, 0.6) is 23.0 Å². The van der Waals surface area contributed by atoms with Gasteiger partial charge in [0.1, 0.15) is 29.0 Å². The van der Waals surface area contributed by atoms with Crippen LogP contribution in [0.3, 0.4) is 0 Å². The highest BCUT2D eigenvalue weighted by Gasteiger charge is 2.33. The van der Waals surface area contributed by atoms with Crippen LogP contribution in [0.4, 0.5) is 13.2 Å². The summed E-state index contributed by atoms with van der Waals surface area (Å²) in [6, 6.07) is 17.8. The fraction of sp³-hybridized carbons (Fsp3) is 0.207. The average molecular weight is 620 g/mol. The molecule has 0 bridgehead atoms. The van der Waals surface area contributed by atoms with Crippen molar-refractivity contribution in [2.75, 3.05) is 20.3 Å². The van der Waals surface area contributed by atoms with Crippen molar-refractivity contribution in [1.29, 1.82) is 0 Å². The van der Waals surface area contributed by atoms with Gasteiger partial charge < -0.3 is 24.1 Å². The minimum Gasteiger partial charge on any atom is -0.496 e. The summed E-state index contributed by atoms with van der Waals surface area (Å²) >= 11 is 6.16. The van der Waals surface area contributed by atoms with Crippen molar-refractivity contribution in [1.82, 2.24) is 4.90 Å². The minimum atomic E-state index is -4.79. The van der Waals surface area contributed by atoms with Crippen LogP contribution in [-0.4, -0.2) is 52.8 Å². The number of thioether (sulfide) groups is 1. The van der Waals surface area contributed by atoms with E-state index in [-0.39, 0.29) is 28.2 Å². The molecule has 0 unspecified atom stereocenters. The van der Waals surface area contributed by atoms with Gasteiger partial charge in [-0.25, -0.2) is 0 Å². The standard InChI is InChI=1S/C29H24F3NO7S2/c1-37-22-5-3-2-4-20(22)12-13-38-24-14-19(15-25-27(36)33(16-26(34)35)28(41)42-25)8-11-23(24)39-17-18-6-9-21(10-7-18)40-29(30,31)32/h2-11,14-15H,12-13,16-17H2,1H3,(H,34,35). The first-order chi connectivity index (χ1) is 20.0. The number of methoxy groups -OCH3 is 1. The fourth-order valence-electron chi connectivity index (χ4n) is 3.90. The Kier molecular flexibility index (Phi) is 9.96.